The number of hydrogen-bond acceptors (Lipinski definition) is 2. The first-order chi connectivity index (χ1) is 9.31. The highest BCUT2D eigenvalue weighted by molar-refractivity contribution is 5.78. The third-order valence-electron chi connectivity index (χ3n) is 3.03. The summed E-state index contributed by atoms with van der Waals surface area (Å²) in [5.41, 5.74) is 7.09. The summed E-state index contributed by atoms with van der Waals surface area (Å²) in [7, 11) is 1.68. The summed E-state index contributed by atoms with van der Waals surface area (Å²) < 4.78 is 5.16. The Morgan fingerprint density at radius 2 is 1.90 bits per heavy atom. The number of ether oxygens (including phenoxy) is 1. The Hall–Kier alpha value is -1.71. The Morgan fingerprint density at radius 3 is 2.40 bits per heavy atom. The number of aliphatic imine (C=N–C) groups is 1. The van der Waals surface area contributed by atoms with Gasteiger partial charge in [0.05, 0.1) is 7.11 Å². The molecule has 1 atom stereocenters. The molecule has 1 aromatic rings. The lowest BCUT2D eigenvalue weighted by Crippen LogP contribution is -2.45. The van der Waals surface area contributed by atoms with Gasteiger partial charge in [-0.15, -0.1) is 0 Å². The molecule has 112 valence electrons. The molecule has 1 rings (SSSR count). The maximum absolute atomic E-state index is 5.84. The van der Waals surface area contributed by atoms with E-state index in [1.807, 2.05) is 12.1 Å². The lowest BCUT2D eigenvalue weighted by molar-refractivity contribution is 0.414. The molecule has 0 spiro atoms. The quantitative estimate of drug-likeness (QED) is 0.642. The number of benzene rings is 1. The summed E-state index contributed by atoms with van der Waals surface area (Å²) in [6, 6.07) is 8.18. The van der Waals surface area contributed by atoms with Crippen molar-refractivity contribution >= 4 is 5.96 Å². The lowest BCUT2D eigenvalue weighted by atomic mass is 9.98. The van der Waals surface area contributed by atoms with Crippen molar-refractivity contribution in [2.45, 2.75) is 45.6 Å². The maximum atomic E-state index is 5.84. The van der Waals surface area contributed by atoms with Gasteiger partial charge in [-0.25, -0.2) is 0 Å². The molecule has 0 aliphatic heterocycles. The van der Waals surface area contributed by atoms with Crippen molar-refractivity contribution < 1.29 is 4.74 Å². The van der Waals surface area contributed by atoms with Gasteiger partial charge in [0.1, 0.15) is 5.75 Å². The highest BCUT2D eigenvalue weighted by Gasteiger charge is 2.10. The minimum absolute atomic E-state index is 0.0464. The van der Waals surface area contributed by atoms with Crippen LogP contribution in [0.15, 0.2) is 29.3 Å². The van der Waals surface area contributed by atoms with Crippen LogP contribution in [0.1, 0.15) is 45.6 Å². The van der Waals surface area contributed by atoms with E-state index in [2.05, 4.69) is 50.1 Å². The highest BCUT2D eigenvalue weighted by Crippen LogP contribution is 2.21. The van der Waals surface area contributed by atoms with Crippen LogP contribution in [0, 0.1) is 0 Å². The molecule has 1 unspecified atom stereocenters. The monoisotopic (exact) mass is 277 g/mol. The van der Waals surface area contributed by atoms with Crippen LogP contribution in [0.2, 0.25) is 0 Å². The smallest absolute Gasteiger partial charge is 0.188 e. The molecule has 20 heavy (non-hydrogen) atoms. The second-order valence-corrected chi connectivity index (χ2v) is 6.10. The second-order valence-electron chi connectivity index (χ2n) is 6.10. The normalized spacial score (nSPS) is 13.9. The SMILES string of the molecule is COc1ccc(C(C)CCN=C(N)NC(C)(C)C)cc1. The van der Waals surface area contributed by atoms with Crippen LogP contribution in [-0.4, -0.2) is 25.2 Å². The largest absolute Gasteiger partial charge is 0.497 e. The number of nitrogens with one attached hydrogen (secondary N) is 1. The summed E-state index contributed by atoms with van der Waals surface area (Å²) in [5.74, 6) is 1.85. The first kappa shape index (κ1) is 16.3. The van der Waals surface area contributed by atoms with E-state index in [9.17, 15) is 0 Å². The van der Waals surface area contributed by atoms with Gasteiger partial charge in [-0.05, 0) is 50.8 Å². The summed E-state index contributed by atoms with van der Waals surface area (Å²) in [6.07, 6.45) is 0.971. The molecule has 0 heterocycles. The van der Waals surface area contributed by atoms with Gasteiger partial charge >= 0.3 is 0 Å². The van der Waals surface area contributed by atoms with E-state index in [0.717, 1.165) is 18.7 Å². The van der Waals surface area contributed by atoms with Crippen molar-refractivity contribution in [3.8, 4) is 5.75 Å². The van der Waals surface area contributed by atoms with Crippen LogP contribution >= 0.6 is 0 Å². The van der Waals surface area contributed by atoms with Gasteiger partial charge < -0.3 is 15.8 Å². The molecule has 0 saturated heterocycles. The van der Waals surface area contributed by atoms with Crippen molar-refractivity contribution in [3.63, 3.8) is 0 Å². The van der Waals surface area contributed by atoms with Crippen LogP contribution in [0.4, 0.5) is 0 Å². The van der Waals surface area contributed by atoms with Crippen LogP contribution in [-0.2, 0) is 0 Å². The van der Waals surface area contributed by atoms with Gasteiger partial charge in [0.25, 0.3) is 0 Å². The molecule has 4 nitrogen and oxygen atoms in total. The molecule has 0 aliphatic rings. The zero-order chi connectivity index (χ0) is 15.2. The number of nitrogens with two attached hydrogens (primary N) is 1. The van der Waals surface area contributed by atoms with Crippen LogP contribution < -0.4 is 15.8 Å². The molecule has 4 heteroatoms. The lowest BCUT2D eigenvalue weighted by Gasteiger charge is -2.21. The minimum Gasteiger partial charge on any atom is -0.497 e. The summed E-state index contributed by atoms with van der Waals surface area (Å²) in [5, 5.41) is 3.16. The van der Waals surface area contributed by atoms with E-state index < -0.39 is 0 Å². The molecule has 0 aromatic heterocycles. The maximum Gasteiger partial charge on any atom is 0.188 e. The average Bonchev–Trinajstić information content (AvgIpc) is 2.36. The van der Waals surface area contributed by atoms with Crippen LogP contribution in [0.5, 0.6) is 5.75 Å². The number of rotatable bonds is 5. The Morgan fingerprint density at radius 1 is 1.30 bits per heavy atom. The molecule has 0 fully saturated rings. The van der Waals surface area contributed by atoms with E-state index >= 15 is 0 Å². The first-order valence-electron chi connectivity index (χ1n) is 7.04. The topological polar surface area (TPSA) is 59.6 Å². The number of hydrogen-bond donors (Lipinski definition) is 2. The fourth-order valence-corrected chi connectivity index (χ4v) is 1.90. The fourth-order valence-electron chi connectivity index (χ4n) is 1.90. The number of guanidine groups is 1. The average molecular weight is 277 g/mol. The third kappa shape index (κ3) is 5.95. The molecule has 0 amide bonds. The van der Waals surface area contributed by atoms with E-state index in [1.165, 1.54) is 5.56 Å². The van der Waals surface area contributed by atoms with Crippen LogP contribution in [0.3, 0.4) is 0 Å². The summed E-state index contributed by atoms with van der Waals surface area (Å²) in [4.78, 5) is 4.37. The fraction of sp³-hybridized carbons (Fsp3) is 0.562. The molecule has 0 saturated carbocycles. The molecular formula is C16H27N3O. The van der Waals surface area contributed by atoms with Gasteiger partial charge in [0.2, 0.25) is 0 Å². The zero-order valence-electron chi connectivity index (χ0n) is 13.2. The van der Waals surface area contributed by atoms with Crippen molar-refractivity contribution in [1.82, 2.24) is 5.32 Å². The van der Waals surface area contributed by atoms with E-state index in [1.54, 1.807) is 7.11 Å². The van der Waals surface area contributed by atoms with Crippen molar-refractivity contribution in [1.29, 1.82) is 0 Å². The third-order valence-corrected chi connectivity index (χ3v) is 3.03. The van der Waals surface area contributed by atoms with Gasteiger partial charge in [0.15, 0.2) is 5.96 Å². The number of methoxy groups -OCH3 is 1. The Labute approximate surface area is 122 Å². The van der Waals surface area contributed by atoms with Crippen molar-refractivity contribution in [3.05, 3.63) is 29.8 Å². The van der Waals surface area contributed by atoms with Crippen molar-refractivity contribution in [2.75, 3.05) is 13.7 Å². The molecule has 3 N–H and O–H groups in total. The predicted octanol–water partition coefficient (Wildman–Crippen LogP) is 2.89. The predicted molar refractivity (Wildman–Crippen MR) is 85.4 cm³/mol. The van der Waals surface area contributed by atoms with E-state index in [4.69, 9.17) is 10.5 Å². The van der Waals surface area contributed by atoms with Crippen molar-refractivity contribution in [2.24, 2.45) is 10.7 Å². The van der Waals surface area contributed by atoms with Gasteiger partial charge in [-0.2, -0.15) is 0 Å². The van der Waals surface area contributed by atoms with E-state index in [-0.39, 0.29) is 5.54 Å². The Bertz CT molecular complexity index is 432. The molecule has 0 aliphatic carbocycles. The Balaban J connectivity index is 2.46. The van der Waals surface area contributed by atoms with E-state index in [0.29, 0.717) is 11.9 Å². The molecular weight excluding hydrogens is 250 g/mol. The standard InChI is InChI=1S/C16H27N3O/c1-12(13-6-8-14(20-5)9-7-13)10-11-18-15(17)19-16(2,3)4/h6-9,12H,10-11H2,1-5H3,(H3,17,18,19). The molecule has 0 radical (unpaired) electrons. The summed E-state index contributed by atoms with van der Waals surface area (Å²) >= 11 is 0. The van der Waals surface area contributed by atoms with Gasteiger partial charge in [0, 0.05) is 12.1 Å². The second kappa shape index (κ2) is 7.17. The molecule has 1 aromatic carbocycles. The number of nitrogens with zero attached hydrogens (tertiary/aromatic N) is 1. The minimum atomic E-state index is -0.0464. The first-order valence-corrected chi connectivity index (χ1v) is 7.04. The highest BCUT2D eigenvalue weighted by atomic mass is 16.5. The van der Waals surface area contributed by atoms with Crippen LogP contribution in [0.25, 0.3) is 0 Å². The summed E-state index contributed by atoms with van der Waals surface area (Å²) in [6.45, 7) is 9.12. The zero-order valence-corrected chi connectivity index (χ0v) is 13.2. The molecule has 0 bridgehead atoms. The van der Waals surface area contributed by atoms with Gasteiger partial charge in [-0.1, -0.05) is 19.1 Å². The van der Waals surface area contributed by atoms with Gasteiger partial charge in [-0.3, -0.25) is 4.99 Å². The Kier molecular flexibility index (Phi) is 5.86.